The van der Waals surface area contributed by atoms with E-state index >= 15 is 0 Å². The van der Waals surface area contributed by atoms with E-state index in [-0.39, 0.29) is 5.41 Å². The van der Waals surface area contributed by atoms with Crippen LogP contribution in [0.1, 0.15) is 32.8 Å². The molecule has 0 saturated carbocycles. The molecule has 0 heterocycles. The summed E-state index contributed by atoms with van der Waals surface area (Å²) >= 11 is 0. The maximum atomic E-state index is 11.7. The van der Waals surface area contributed by atoms with Crippen LogP contribution < -0.4 is 0 Å². The molecule has 1 rings (SSSR count). The highest BCUT2D eigenvalue weighted by atomic mass is 32.2. The monoisotopic (exact) mass is 262 g/mol. The second-order valence-electron chi connectivity index (χ2n) is 4.52. The number of allylic oxidation sites excluding steroid dienone is 3. The van der Waals surface area contributed by atoms with E-state index in [0.717, 1.165) is 11.3 Å². The summed E-state index contributed by atoms with van der Waals surface area (Å²) in [7, 11) is -0.867. The lowest BCUT2D eigenvalue weighted by Crippen LogP contribution is -2.17. The van der Waals surface area contributed by atoms with Gasteiger partial charge in [-0.3, -0.25) is 4.21 Å². The predicted octanol–water partition coefficient (Wildman–Crippen LogP) is 4.22. The lowest BCUT2D eigenvalue weighted by atomic mass is 9.80. The Balaban J connectivity index is 3.05. The topological polar surface area (TPSA) is 17.1 Å². The third kappa shape index (κ3) is 3.42. The molecular weight excluding hydrogens is 240 g/mol. The zero-order valence-corrected chi connectivity index (χ0v) is 12.3. The molecule has 0 N–H and O–H groups in total. The van der Waals surface area contributed by atoms with Crippen LogP contribution in [0.25, 0.3) is 0 Å². The molecule has 18 heavy (non-hydrogen) atoms. The molecule has 1 aromatic rings. The summed E-state index contributed by atoms with van der Waals surface area (Å²) in [6.45, 7) is 10.0. The van der Waals surface area contributed by atoms with Crippen LogP contribution in [-0.2, 0) is 16.2 Å². The highest BCUT2D eigenvalue weighted by Gasteiger charge is 2.20. The van der Waals surface area contributed by atoms with E-state index in [1.165, 1.54) is 5.56 Å². The molecule has 0 aromatic heterocycles. The number of hydrogen-bond donors (Lipinski definition) is 0. The van der Waals surface area contributed by atoms with Gasteiger partial charge in [0.05, 0.1) is 10.8 Å². The molecule has 0 bridgehead atoms. The predicted molar refractivity (Wildman–Crippen MR) is 80.4 cm³/mol. The van der Waals surface area contributed by atoms with E-state index in [9.17, 15) is 4.21 Å². The molecule has 2 atom stereocenters. The van der Waals surface area contributed by atoms with E-state index in [2.05, 4.69) is 38.6 Å². The first-order valence-corrected chi connectivity index (χ1v) is 7.68. The summed E-state index contributed by atoms with van der Waals surface area (Å²) < 4.78 is 11.7. The van der Waals surface area contributed by atoms with Gasteiger partial charge in [-0.2, -0.15) is 0 Å². The maximum Gasteiger partial charge on any atom is 0.0526 e. The first-order chi connectivity index (χ1) is 8.57. The van der Waals surface area contributed by atoms with Crippen molar-refractivity contribution in [2.75, 3.05) is 5.75 Å². The van der Waals surface area contributed by atoms with Gasteiger partial charge >= 0.3 is 0 Å². The van der Waals surface area contributed by atoms with E-state index < -0.39 is 10.8 Å². The molecule has 1 aromatic carbocycles. The molecule has 0 aliphatic rings. The molecule has 0 aliphatic heterocycles. The third-order valence-electron chi connectivity index (χ3n) is 3.37. The van der Waals surface area contributed by atoms with Crippen LogP contribution in [-0.4, -0.2) is 9.96 Å². The quantitative estimate of drug-likeness (QED) is 0.701. The van der Waals surface area contributed by atoms with Gasteiger partial charge in [0.2, 0.25) is 0 Å². The molecule has 0 fully saturated rings. The molecule has 2 heteroatoms. The lowest BCUT2D eigenvalue weighted by molar-refractivity contribution is 0.572. The largest absolute Gasteiger partial charge is 0.254 e. The van der Waals surface area contributed by atoms with E-state index in [1.807, 2.05) is 25.1 Å². The normalized spacial score (nSPS) is 16.4. The summed E-state index contributed by atoms with van der Waals surface area (Å²) in [5.41, 5.74) is 1.26. The maximum absolute atomic E-state index is 11.7. The van der Waals surface area contributed by atoms with Crippen molar-refractivity contribution in [3.8, 4) is 0 Å². The molecule has 0 amide bonds. The van der Waals surface area contributed by atoms with Gasteiger partial charge in [-0.25, -0.2) is 0 Å². The lowest BCUT2D eigenvalue weighted by Gasteiger charge is -2.25. The van der Waals surface area contributed by atoms with Gasteiger partial charge in [0.1, 0.15) is 0 Å². The van der Waals surface area contributed by atoms with Gasteiger partial charge in [0, 0.05) is 16.1 Å². The van der Waals surface area contributed by atoms with Gasteiger partial charge in [0.25, 0.3) is 0 Å². The smallest absolute Gasteiger partial charge is 0.0526 e. The Morgan fingerprint density at radius 1 is 1.28 bits per heavy atom. The molecular formula is C16H22OS. The van der Waals surface area contributed by atoms with Crippen molar-refractivity contribution in [1.82, 2.24) is 0 Å². The summed E-state index contributed by atoms with van der Waals surface area (Å²) in [6.07, 6.45) is 6.98. The fourth-order valence-corrected chi connectivity index (χ4v) is 2.63. The Kier molecular flexibility index (Phi) is 5.54. The van der Waals surface area contributed by atoms with Crippen molar-refractivity contribution in [1.29, 1.82) is 0 Å². The first-order valence-electron chi connectivity index (χ1n) is 6.36. The Bertz CT molecular complexity index is 445. The van der Waals surface area contributed by atoms with Gasteiger partial charge in [0.15, 0.2) is 0 Å². The van der Waals surface area contributed by atoms with E-state index in [4.69, 9.17) is 0 Å². The van der Waals surface area contributed by atoms with Crippen molar-refractivity contribution in [3.05, 3.63) is 54.6 Å². The molecule has 0 spiro atoms. The Hall–Kier alpha value is -1.15. The summed E-state index contributed by atoms with van der Waals surface area (Å²) in [6, 6.07) is 8.12. The second kappa shape index (κ2) is 6.69. The Morgan fingerprint density at radius 3 is 2.33 bits per heavy atom. The van der Waals surface area contributed by atoms with Crippen molar-refractivity contribution >= 4 is 10.8 Å². The van der Waals surface area contributed by atoms with Crippen molar-refractivity contribution in [2.24, 2.45) is 0 Å². The molecule has 0 saturated heterocycles. The van der Waals surface area contributed by atoms with Crippen LogP contribution in [0.15, 0.2) is 54.0 Å². The number of benzene rings is 1. The van der Waals surface area contributed by atoms with Crippen molar-refractivity contribution in [2.45, 2.75) is 37.5 Å². The Morgan fingerprint density at radius 2 is 1.89 bits per heavy atom. The van der Waals surface area contributed by atoms with E-state index in [1.54, 1.807) is 6.08 Å². The number of rotatable bonds is 6. The molecule has 0 radical (unpaired) electrons. The zero-order valence-electron chi connectivity index (χ0n) is 11.5. The fraction of sp³-hybridized carbons (Fsp3) is 0.375. The minimum atomic E-state index is -0.867. The zero-order chi connectivity index (χ0) is 13.6. The Labute approximate surface area is 113 Å². The van der Waals surface area contributed by atoms with Gasteiger partial charge in [-0.1, -0.05) is 57.7 Å². The van der Waals surface area contributed by atoms with Crippen LogP contribution >= 0.6 is 0 Å². The number of hydrogen-bond acceptors (Lipinski definition) is 1. The average molecular weight is 262 g/mol. The summed E-state index contributed by atoms with van der Waals surface area (Å²) in [5.74, 6) is 0.667. The van der Waals surface area contributed by atoms with Gasteiger partial charge in [-0.05, 0) is 24.1 Å². The van der Waals surface area contributed by atoms with Gasteiger partial charge < -0.3 is 0 Å². The summed E-state index contributed by atoms with van der Waals surface area (Å²) in [4.78, 5) is 0.910. The van der Waals surface area contributed by atoms with Crippen LogP contribution in [0.3, 0.4) is 0 Å². The highest BCUT2D eigenvalue weighted by molar-refractivity contribution is 7.85. The molecule has 0 aliphatic carbocycles. The van der Waals surface area contributed by atoms with Crippen LogP contribution in [0.2, 0.25) is 0 Å². The minimum absolute atomic E-state index is 0.0143. The first kappa shape index (κ1) is 14.9. The highest BCUT2D eigenvalue weighted by Crippen LogP contribution is 2.29. The molecule has 2 unspecified atom stereocenters. The van der Waals surface area contributed by atoms with Crippen LogP contribution in [0.5, 0.6) is 0 Å². The van der Waals surface area contributed by atoms with Crippen LogP contribution in [0.4, 0.5) is 0 Å². The molecule has 1 nitrogen and oxygen atoms in total. The second-order valence-corrected chi connectivity index (χ2v) is 6.26. The van der Waals surface area contributed by atoms with Crippen LogP contribution in [0, 0.1) is 0 Å². The standard InChI is InChI=1S/C16H22OS/c1-5-8-13-16(4,6-2)14-9-11-15(12-10-14)18(17)7-3/h5,8-13H,1,6-7H2,2-4H3/b13-8-. The fourth-order valence-electron chi connectivity index (χ4n) is 1.85. The third-order valence-corrected chi connectivity index (χ3v) is 4.70. The minimum Gasteiger partial charge on any atom is -0.254 e. The summed E-state index contributed by atoms with van der Waals surface area (Å²) in [5, 5.41) is 0. The van der Waals surface area contributed by atoms with E-state index in [0.29, 0.717) is 5.75 Å². The van der Waals surface area contributed by atoms with Gasteiger partial charge in [-0.15, -0.1) is 0 Å². The van der Waals surface area contributed by atoms with Crippen molar-refractivity contribution in [3.63, 3.8) is 0 Å². The average Bonchev–Trinajstić information content (AvgIpc) is 2.44. The molecule has 98 valence electrons. The van der Waals surface area contributed by atoms with Crippen molar-refractivity contribution < 1.29 is 4.21 Å². The SMILES string of the molecule is C=C/C=C\C(C)(CC)c1ccc(S(=O)CC)cc1.